The molecule has 3 heteroatoms. The molecule has 0 amide bonds. The Morgan fingerprint density at radius 3 is 1.64 bits per heavy atom. The number of nitrogens with one attached hydrogen (secondary N) is 1. The number of nitrogens with zero attached hydrogens (tertiary/aromatic N) is 1. The Bertz CT molecular complexity index is 1130. The monoisotopic (exact) mass is 438 g/mol. The molecule has 0 unspecified atom stereocenters. The van der Waals surface area contributed by atoms with E-state index in [2.05, 4.69) is 94.9 Å². The average molecular weight is 438 g/mol. The second-order valence-corrected chi connectivity index (χ2v) is 6.70. The van der Waals surface area contributed by atoms with Gasteiger partial charge >= 0.3 is 6.85 Å². The molecular formula is C30H39BN2. The molecule has 33 heavy (non-hydrogen) atoms. The minimum Gasteiger partial charge on any atom is -0.376 e. The first kappa shape index (κ1) is 26.1. The Kier molecular flexibility index (Phi) is 10.1. The third-order valence-electron chi connectivity index (χ3n) is 5.47. The summed E-state index contributed by atoms with van der Waals surface area (Å²) in [5.41, 5.74) is 10.4. The van der Waals surface area contributed by atoms with Crippen molar-refractivity contribution in [2.45, 2.75) is 55.4 Å². The first-order valence-electron chi connectivity index (χ1n) is 12.7. The van der Waals surface area contributed by atoms with Crippen LogP contribution in [0.1, 0.15) is 55.4 Å². The van der Waals surface area contributed by atoms with Gasteiger partial charge in [0.15, 0.2) is 0 Å². The van der Waals surface area contributed by atoms with Gasteiger partial charge in [0.05, 0.1) is 0 Å². The summed E-state index contributed by atoms with van der Waals surface area (Å²) in [6.07, 6.45) is 2.06. The zero-order valence-electron chi connectivity index (χ0n) is 21.6. The second-order valence-electron chi connectivity index (χ2n) is 6.70. The van der Waals surface area contributed by atoms with Crippen LogP contribution in [0.2, 0.25) is 0 Å². The molecule has 0 bridgehead atoms. The van der Waals surface area contributed by atoms with Gasteiger partial charge in [0.25, 0.3) is 0 Å². The van der Waals surface area contributed by atoms with Crippen LogP contribution >= 0.6 is 0 Å². The van der Waals surface area contributed by atoms with Crippen molar-refractivity contribution >= 4 is 29.1 Å². The number of H-pyrrole nitrogens is 1. The van der Waals surface area contributed by atoms with E-state index in [0.29, 0.717) is 0 Å². The third-order valence-corrected chi connectivity index (χ3v) is 5.47. The van der Waals surface area contributed by atoms with Crippen LogP contribution in [0.3, 0.4) is 0 Å². The quantitative estimate of drug-likeness (QED) is 0.275. The van der Waals surface area contributed by atoms with E-state index in [1.54, 1.807) is 0 Å². The van der Waals surface area contributed by atoms with E-state index in [-0.39, 0.29) is 6.85 Å². The molecule has 0 saturated carbocycles. The maximum atomic E-state index is 3.47. The summed E-state index contributed by atoms with van der Waals surface area (Å²) < 4.78 is 0. The van der Waals surface area contributed by atoms with E-state index < -0.39 is 0 Å². The van der Waals surface area contributed by atoms with E-state index in [9.17, 15) is 0 Å². The largest absolute Gasteiger partial charge is 0.376 e. The lowest BCUT2D eigenvalue weighted by Crippen LogP contribution is -2.59. The van der Waals surface area contributed by atoms with E-state index in [1.165, 1.54) is 44.7 Å². The highest BCUT2D eigenvalue weighted by Gasteiger charge is 2.42. The molecule has 0 atom stereocenters. The fourth-order valence-electron chi connectivity index (χ4n) is 4.48. The van der Waals surface area contributed by atoms with Crippen LogP contribution in [0.4, 0.5) is 11.4 Å². The minimum absolute atomic E-state index is 0.210. The first-order valence-corrected chi connectivity index (χ1v) is 12.7. The molecule has 2 nitrogen and oxygen atoms in total. The summed E-state index contributed by atoms with van der Waals surface area (Å²) in [7, 11) is 0. The smallest absolute Gasteiger partial charge is 0.331 e. The molecule has 3 heterocycles. The zero-order valence-corrected chi connectivity index (χ0v) is 21.6. The molecule has 2 aliphatic heterocycles. The zero-order chi connectivity index (χ0) is 24.4. The van der Waals surface area contributed by atoms with E-state index >= 15 is 0 Å². The fraction of sp³-hybridized carbons (Fsp3) is 0.267. The summed E-state index contributed by atoms with van der Waals surface area (Å²) >= 11 is 0. The van der Waals surface area contributed by atoms with Gasteiger partial charge in [-0.1, -0.05) is 116 Å². The van der Waals surface area contributed by atoms with Gasteiger partial charge in [0.2, 0.25) is 0 Å². The molecule has 172 valence electrons. The maximum absolute atomic E-state index is 3.47. The lowest BCUT2D eigenvalue weighted by atomic mass is 9.44. The number of aromatic nitrogens is 1. The van der Waals surface area contributed by atoms with Gasteiger partial charge in [-0.25, -0.2) is 0 Å². The predicted octanol–water partition coefficient (Wildman–Crippen LogP) is 8.02. The van der Waals surface area contributed by atoms with Crippen LogP contribution < -0.4 is 15.7 Å². The first-order chi connectivity index (χ1) is 16.4. The van der Waals surface area contributed by atoms with Crippen molar-refractivity contribution in [1.82, 2.24) is 4.98 Å². The average Bonchev–Trinajstić information content (AvgIpc) is 3.43. The molecule has 0 saturated heterocycles. The van der Waals surface area contributed by atoms with Gasteiger partial charge in [0, 0.05) is 34.4 Å². The van der Waals surface area contributed by atoms with Crippen molar-refractivity contribution < 1.29 is 0 Å². The lowest BCUT2D eigenvalue weighted by molar-refractivity contribution is 1.32. The summed E-state index contributed by atoms with van der Waals surface area (Å²) in [5, 5.41) is 0. The Hall–Kier alpha value is -3.20. The Morgan fingerprint density at radius 2 is 1.00 bits per heavy atom. The van der Waals surface area contributed by atoms with Gasteiger partial charge in [-0.05, 0) is 34.7 Å². The molecule has 6 rings (SSSR count). The summed E-state index contributed by atoms with van der Waals surface area (Å²) in [6, 6.07) is 28.5. The van der Waals surface area contributed by atoms with Gasteiger partial charge in [-0.15, -0.1) is 0 Å². The van der Waals surface area contributed by atoms with Crippen LogP contribution in [0.5, 0.6) is 0 Å². The Balaban J connectivity index is 0.000000440. The summed E-state index contributed by atoms with van der Waals surface area (Å²) in [6.45, 7) is 16.2. The normalized spacial score (nSPS) is 10.9. The van der Waals surface area contributed by atoms with Gasteiger partial charge < -0.3 is 9.79 Å². The molecular weight excluding hydrogens is 399 g/mol. The summed E-state index contributed by atoms with van der Waals surface area (Å²) in [5.74, 6) is 0. The highest BCUT2D eigenvalue weighted by molar-refractivity contribution is 6.92. The Labute approximate surface area is 201 Å². The number of anilines is 2. The number of rotatable bonds is 0. The molecule has 0 aliphatic carbocycles. The Morgan fingerprint density at radius 1 is 0.515 bits per heavy atom. The number of hydrogen-bond donors (Lipinski definition) is 1. The predicted molar refractivity (Wildman–Crippen MR) is 151 cm³/mol. The molecule has 0 fully saturated rings. The highest BCUT2D eigenvalue weighted by atomic mass is 15.1. The summed E-state index contributed by atoms with van der Waals surface area (Å²) in [4.78, 5) is 5.98. The van der Waals surface area contributed by atoms with Crippen molar-refractivity contribution in [1.29, 1.82) is 0 Å². The molecule has 2 aliphatic rings. The van der Waals surface area contributed by atoms with Crippen LogP contribution in [0, 0.1) is 0 Å². The van der Waals surface area contributed by atoms with Crippen molar-refractivity contribution in [3.63, 3.8) is 0 Å². The van der Waals surface area contributed by atoms with Gasteiger partial charge in [-0.2, -0.15) is 0 Å². The molecule has 3 aromatic carbocycles. The SMILES string of the molecule is CC.CC.CC.CC.c1ccc2c(c1)B1c3cc[nH]c3-c3ccccc3N1c1ccccc1-2. The van der Waals surface area contributed by atoms with E-state index in [1.807, 2.05) is 55.4 Å². The number of fused-ring (bicyclic) bond motifs is 11. The number of benzene rings is 3. The van der Waals surface area contributed by atoms with E-state index in [0.717, 1.165) is 0 Å². The standard InChI is InChI=1S/C22H15BN2.4C2H6/c1-4-10-18-15(7-1)16-8-2-5-11-20(16)25-21-12-6-3-9-17(21)22-19(23(18)25)13-14-24-22;4*1-2/h1-14,24H;4*1-2H3. The van der Waals surface area contributed by atoms with E-state index in [4.69, 9.17) is 0 Å². The topological polar surface area (TPSA) is 19.0 Å². The van der Waals surface area contributed by atoms with Crippen LogP contribution in [-0.2, 0) is 0 Å². The van der Waals surface area contributed by atoms with Crippen LogP contribution in [-0.4, -0.2) is 11.8 Å². The molecule has 0 radical (unpaired) electrons. The third kappa shape index (κ3) is 4.50. The maximum Gasteiger partial charge on any atom is 0.331 e. The molecule has 1 aromatic heterocycles. The number of hydrogen-bond acceptors (Lipinski definition) is 1. The van der Waals surface area contributed by atoms with Crippen molar-refractivity contribution in [2.75, 3.05) is 4.81 Å². The number of aromatic amines is 1. The highest BCUT2D eigenvalue weighted by Crippen LogP contribution is 2.44. The molecule has 4 aromatic rings. The van der Waals surface area contributed by atoms with Crippen molar-refractivity contribution in [2.24, 2.45) is 0 Å². The van der Waals surface area contributed by atoms with Crippen molar-refractivity contribution in [3.8, 4) is 22.4 Å². The number of para-hydroxylation sites is 2. The molecule has 0 spiro atoms. The van der Waals surface area contributed by atoms with Crippen LogP contribution in [0.15, 0.2) is 85.1 Å². The fourth-order valence-corrected chi connectivity index (χ4v) is 4.48. The molecule has 1 N–H and O–H groups in total. The minimum atomic E-state index is 0.210. The lowest BCUT2D eigenvalue weighted by Gasteiger charge is -2.42. The van der Waals surface area contributed by atoms with Crippen LogP contribution in [0.25, 0.3) is 22.4 Å². The van der Waals surface area contributed by atoms with Gasteiger partial charge in [-0.3, -0.25) is 0 Å². The van der Waals surface area contributed by atoms with Crippen molar-refractivity contribution in [3.05, 3.63) is 85.1 Å². The van der Waals surface area contributed by atoms with Gasteiger partial charge in [0.1, 0.15) is 0 Å². The second kappa shape index (κ2) is 12.7.